The molecule has 0 spiro atoms. The van der Waals surface area contributed by atoms with Gasteiger partial charge in [0.1, 0.15) is 0 Å². The monoisotopic (exact) mass is 374 g/mol. The van der Waals surface area contributed by atoms with E-state index in [9.17, 15) is 4.79 Å². The molecule has 6 heteroatoms. The molecule has 2 atom stereocenters. The molecule has 4 rings (SSSR count). The maximum absolute atomic E-state index is 13.2. The van der Waals surface area contributed by atoms with Crippen LogP contribution in [0.15, 0.2) is 24.3 Å². The van der Waals surface area contributed by atoms with Gasteiger partial charge in [-0.05, 0) is 63.6 Å². The highest BCUT2D eigenvalue weighted by Crippen LogP contribution is 2.31. The largest absolute Gasteiger partial charge is 0.334 e. The smallest absolute Gasteiger partial charge is 0.274 e. The van der Waals surface area contributed by atoms with Gasteiger partial charge in [0.15, 0.2) is 5.69 Å². The molecule has 1 saturated heterocycles. The van der Waals surface area contributed by atoms with E-state index in [1.54, 1.807) is 0 Å². The van der Waals surface area contributed by atoms with Crippen molar-refractivity contribution in [2.75, 3.05) is 13.1 Å². The molecule has 2 N–H and O–H groups in total. The summed E-state index contributed by atoms with van der Waals surface area (Å²) in [5, 5.41) is 4.79. The van der Waals surface area contributed by atoms with E-state index in [1.165, 1.54) is 11.3 Å². The second-order valence-electron chi connectivity index (χ2n) is 7.47. The minimum atomic E-state index is 0. The van der Waals surface area contributed by atoms with E-state index in [-0.39, 0.29) is 24.4 Å². The third kappa shape index (κ3) is 3.03. The summed E-state index contributed by atoms with van der Waals surface area (Å²) in [5.74, 6) is 0.486. The van der Waals surface area contributed by atoms with Crippen LogP contribution in [-0.2, 0) is 12.8 Å². The van der Waals surface area contributed by atoms with Crippen molar-refractivity contribution in [3.8, 4) is 5.69 Å². The molecule has 1 amide bonds. The van der Waals surface area contributed by atoms with E-state index in [2.05, 4.69) is 26.0 Å². The van der Waals surface area contributed by atoms with Crippen molar-refractivity contribution in [3.05, 3.63) is 46.8 Å². The molecule has 26 heavy (non-hydrogen) atoms. The van der Waals surface area contributed by atoms with E-state index >= 15 is 0 Å². The first-order chi connectivity index (χ1) is 12.1. The zero-order valence-corrected chi connectivity index (χ0v) is 16.3. The number of aromatic nitrogens is 2. The van der Waals surface area contributed by atoms with Crippen LogP contribution in [0, 0.1) is 12.8 Å². The van der Waals surface area contributed by atoms with Crippen molar-refractivity contribution in [2.45, 2.75) is 45.6 Å². The molecule has 1 aliphatic heterocycles. The Morgan fingerprint density at radius 3 is 2.77 bits per heavy atom. The second kappa shape index (κ2) is 7.41. The highest BCUT2D eigenvalue weighted by atomic mass is 35.5. The summed E-state index contributed by atoms with van der Waals surface area (Å²) in [6.45, 7) is 5.60. The Hall–Kier alpha value is -1.85. The number of halogens is 1. The molecular formula is C20H27ClN4O. The third-order valence-corrected chi connectivity index (χ3v) is 5.73. The molecule has 0 bridgehead atoms. The number of fused-ring (bicyclic) bond motifs is 1. The van der Waals surface area contributed by atoms with E-state index in [0.717, 1.165) is 43.5 Å². The minimum absolute atomic E-state index is 0. The molecule has 1 aromatic heterocycles. The molecule has 140 valence electrons. The Balaban J connectivity index is 0.00000196. The van der Waals surface area contributed by atoms with Crippen LogP contribution >= 0.6 is 12.4 Å². The lowest BCUT2D eigenvalue weighted by Gasteiger charge is -2.20. The van der Waals surface area contributed by atoms with Gasteiger partial charge in [-0.15, -0.1) is 12.4 Å². The number of carbonyl (C=O) groups is 1. The molecule has 0 radical (unpaired) electrons. The number of aryl methyl sites for hydroxylation is 1. The Morgan fingerprint density at radius 1 is 1.31 bits per heavy atom. The molecule has 1 aromatic carbocycles. The number of rotatable bonds is 3. The Kier molecular flexibility index (Phi) is 5.39. The van der Waals surface area contributed by atoms with Crippen molar-refractivity contribution in [2.24, 2.45) is 11.7 Å². The van der Waals surface area contributed by atoms with E-state index < -0.39 is 0 Å². The van der Waals surface area contributed by atoms with Gasteiger partial charge in [-0.2, -0.15) is 5.10 Å². The van der Waals surface area contributed by atoms with Crippen LogP contribution in [0.2, 0.25) is 0 Å². The van der Waals surface area contributed by atoms with Crippen LogP contribution in [0.3, 0.4) is 0 Å². The maximum atomic E-state index is 13.2. The van der Waals surface area contributed by atoms with Gasteiger partial charge in [0, 0.05) is 23.8 Å². The lowest BCUT2D eigenvalue weighted by molar-refractivity contribution is 0.0736. The topological polar surface area (TPSA) is 64.2 Å². The first kappa shape index (κ1) is 18.9. The van der Waals surface area contributed by atoms with Gasteiger partial charge in [-0.25, -0.2) is 4.68 Å². The summed E-state index contributed by atoms with van der Waals surface area (Å²) in [6.07, 6.45) is 4.03. The Bertz CT molecular complexity index is 816. The standard InChI is InChI=1S/C20H26N4O.ClH/c1-13-6-3-4-8-17(13)24-18-9-5-7-16(18)19(22-24)20(25)23-12-15(11-21)10-14(23)2;/h3-4,6,8,14-15H,5,7,9-12,21H2,1-2H3;1H. The fourth-order valence-electron chi connectivity index (χ4n) is 4.34. The summed E-state index contributed by atoms with van der Waals surface area (Å²) < 4.78 is 2.01. The SMILES string of the molecule is Cc1ccccc1-n1nc(C(=O)N2CC(CN)CC2C)c2c1CCC2.Cl. The normalized spacial score (nSPS) is 21.6. The van der Waals surface area contributed by atoms with Crippen molar-refractivity contribution in [3.63, 3.8) is 0 Å². The predicted octanol–water partition coefficient (Wildman–Crippen LogP) is 2.90. The lowest BCUT2D eigenvalue weighted by Crippen LogP contribution is -2.35. The Morgan fingerprint density at radius 2 is 2.08 bits per heavy atom. The van der Waals surface area contributed by atoms with Gasteiger partial charge in [-0.1, -0.05) is 18.2 Å². The van der Waals surface area contributed by atoms with Crippen LogP contribution in [-0.4, -0.2) is 39.7 Å². The van der Waals surface area contributed by atoms with Crippen molar-refractivity contribution < 1.29 is 4.79 Å². The molecule has 2 unspecified atom stereocenters. The highest BCUT2D eigenvalue weighted by Gasteiger charge is 2.36. The molecule has 2 aromatic rings. The van der Waals surface area contributed by atoms with E-state index in [4.69, 9.17) is 10.8 Å². The number of para-hydroxylation sites is 1. The number of amides is 1. The van der Waals surface area contributed by atoms with Gasteiger partial charge in [-0.3, -0.25) is 4.79 Å². The van der Waals surface area contributed by atoms with E-state index in [0.29, 0.717) is 18.2 Å². The average molecular weight is 375 g/mol. The molecular weight excluding hydrogens is 348 g/mol. The number of hydrogen-bond acceptors (Lipinski definition) is 3. The predicted molar refractivity (Wildman–Crippen MR) is 105 cm³/mol. The van der Waals surface area contributed by atoms with Crippen molar-refractivity contribution in [1.82, 2.24) is 14.7 Å². The highest BCUT2D eigenvalue weighted by molar-refractivity contribution is 5.94. The number of nitrogens with zero attached hydrogens (tertiary/aromatic N) is 3. The van der Waals surface area contributed by atoms with Gasteiger partial charge in [0.25, 0.3) is 5.91 Å². The molecule has 1 aliphatic carbocycles. The first-order valence-corrected chi connectivity index (χ1v) is 9.28. The van der Waals surface area contributed by atoms with E-state index in [1.807, 2.05) is 21.7 Å². The minimum Gasteiger partial charge on any atom is -0.334 e. The zero-order chi connectivity index (χ0) is 17.6. The van der Waals surface area contributed by atoms with Gasteiger partial charge < -0.3 is 10.6 Å². The number of nitrogens with two attached hydrogens (primary N) is 1. The molecule has 2 aliphatic rings. The Labute approximate surface area is 161 Å². The molecule has 0 saturated carbocycles. The number of likely N-dealkylation sites (tertiary alicyclic amines) is 1. The summed E-state index contributed by atoms with van der Waals surface area (Å²) in [7, 11) is 0. The second-order valence-corrected chi connectivity index (χ2v) is 7.47. The summed E-state index contributed by atoms with van der Waals surface area (Å²) >= 11 is 0. The average Bonchev–Trinajstić information content (AvgIpc) is 3.29. The molecule has 5 nitrogen and oxygen atoms in total. The van der Waals surface area contributed by atoms with Crippen LogP contribution in [0.25, 0.3) is 5.69 Å². The molecule has 1 fully saturated rings. The quantitative estimate of drug-likeness (QED) is 0.898. The first-order valence-electron chi connectivity index (χ1n) is 9.28. The van der Waals surface area contributed by atoms with Crippen LogP contribution < -0.4 is 5.73 Å². The molecule has 2 heterocycles. The fourth-order valence-corrected chi connectivity index (χ4v) is 4.34. The van der Waals surface area contributed by atoms with Crippen molar-refractivity contribution >= 4 is 18.3 Å². The summed E-state index contributed by atoms with van der Waals surface area (Å²) in [6, 6.07) is 8.47. The van der Waals surface area contributed by atoms with Gasteiger partial charge >= 0.3 is 0 Å². The number of hydrogen-bond donors (Lipinski definition) is 1. The van der Waals surface area contributed by atoms with Gasteiger partial charge in [0.2, 0.25) is 0 Å². The maximum Gasteiger partial charge on any atom is 0.274 e. The summed E-state index contributed by atoms with van der Waals surface area (Å²) in [5.41, 5.74) is 11.1. The number of carbonyl (C=O) groups excluding carboxylic acids is 1. The lowest BCUT2D eigenvalue weighted by atomic mass is 10.1. The van der Waals surface area contributed by atoms with Gasteiger partial charge in [0.05, 0.1) is 5.69 Å². The van der Waals surface area contributed by atoms with Crippen molar-refractivity contribution in [1.29, 1.82) is 0 Å². The third-order valence-electron chi connectivity index (χ3n) is 5.73. The number of benzene rings is 1. The van der Waals surface area contributed by atoms with Crippen LogP contribution in [0.4, 0.5) is 0 Å². The van der Waals surface area contributed by atoms with Crippen LogP contribution in [0.1, 0.15) is 47.1 Å². The summed E-state index contributed by atoms with van der Waals surface area (Å²) in [4.78, 5) is 15.2. The van der Waals surface area contributed by atoms with Crippen LogP contribution in [0.5, 0.6) is 0 Å². The fraction of sp³-hybridized carbons (Fsp3) is 0.500. The zero-order valence-electron chi connectivity index (χ0n) is 15.4.